The lowest BCUT2D eigenvalue weighted by Gasteiger charge is -2.34. The second-order valence-electron chi connectivity index (χ2n) is 17.7. The van der Waals surface area contributed by atoms with Gasteiger partial charge in [-0.3, -0.25) is 4.57 Å². The summed E-state index contributed by atoms with van der Waals surface area (Å²) in [5, 5.41) is 10.0. The number of hydrogen-bond donors (Lipinski definition) is 0. The molecule has 3 aromatic heterocycles. The standard InChI is InChI=1S/C64H44N4Si/c1-5-20-45(21-6-1)46-36-38-47(39-37-46)58-44-59(48-22-19-29-53(42-48)69(50-23-7-2-8-24-50,51-25-9-3-10-26-51)52-27-11-4-12-28-52)66-64(65-58)68-62-35-18-15-32-56(62)57-43-49(40-41-63(57)68)67-60-33-16-13-30-54(60)55-31-14-17-34-61(55)67/h1-44H. The minimum atomic E-state index is -2.83. The quantitative estimate of drug-likeness (QED) is 0.107. The summed E-state index contributed by atoms with van der Waals surface area (Å²) in [6, 6.07) is 96.8. The zero-order valence-corrected chi connectivity index (χ0v) is 38.7. The number of rotatable bonds is 9. The van der Waals surface area contributed by atoms with Gasteiger partial charge in [-0.25, -0.2) is 9.97 Å². The van der Waals surface area contributed by atoms with Crippen LogP contribution in [0.25, 0.3) is 88.9 Å². The molecule has 0 fully saturated rings. The normalized spacial score (nSPS) is 11.8. The highest BCUT2D eigenvalue weighted by atomic mass is 28.3. The molecule has 10 aromatic carbocycles. The molecule has 0 bridgehead atoms. The lowest BCUT2D eigenvalue weighted by molar-refractivity contribution is 0.995. The fourth-order valence-electron chi connectivity index (χ4n) is 10.8. The number of benzene rings is 10. The van der Waals surface area contributed by atoms with E-state index in [2.05, 4.69) is 276 Å². The smallest absolute Gasteiger partial charge is 0.235 e. The summed E-state index contributed by atoms with van der Waals surface area (Å²) < 4.78 is 4.65. The van der Waals surface area contributed by atoms with Crippen molar-refractivity contribution < 1.29 is 0 Å². The van der Waals surface area contributed by atoms with Crippen LogP contribution in [0.4, 0.5) is 0 Å². The average molecular weight is 897 g/mol. The van der Waals surface area contributed by atoms with Gasteiger partial charge in [0.15, 0.2) is 8.07 Å². The van der Waals surface area contributed by atoms with Crippen LogP contribution in [0, 0.1) is 0 Å². The Morgan fingerprint density at radius 3 is 1.23 bits per heavy atom. The molecule has 4 nitrogen and oxygen atoms in total. The molecule has 0 N–H and O–H groups in total. The molecule has 69 heavy (non-hydrogen) atoms. The molecular formula is C64H44N4Si. The Kier molecular flexibility index (Phi) is 9.81. The maximum Gasteiger partial charge on any atom is 0.235 e. The van der Waals surface area contributed by atoms with Gasteiger partial charge in [0.05, 0.1) is 33.5 Å². The van der Waals surface area contributed by atoms with Crippen LogP contribution in [-0.4, -0.2) is 27.2 Å². The van der Waals surface area contributed by atoms with Crippen LogP contribution in [0.2, 0.25) is 0 Å². The van der Waals surface area contributed by atoms with E-state index in [1.165, 1.54) is 48.1 Å². The van der Waals surface area contributed by atoms with Crippen LogP contribution < -0.4 is 20.7 Å². The Bertz CT molecular complexity index is 3840. The summed E-state index contributed by atoms with van der Waals surface area (Å²) in [6.07, 6.45) is 0. The van der Waals surface area contributed by atoms with Crippen LogP contribution in [0.15, 0.2) is 267 Å². The first-order chi connectivity index (χ1) is 34.2. The molecule has 0 aliphatic carbocycles. The van der Waals surface area contributed by atoms with Crippen molar-refractivity contribution in [2.75, 3.05) is 0 Å². The SMILES string of the molecule is c1ccc(-c2ccc(-c3cc(-c4cccc([Si](c5ccccc5)(c5ccccc5)c5ccccc5)c4)nc(-n4c5ccccc5c5cc(-n6c7ccccc7c7ccccc76)ccc54)n3)cc2)cc1. The second kappa shape index (κ2) is 16.8. The van der Waals surface area contributed by atoms with Gasteiger partial charge in [-0.15, -0.1) is 0 Å². The molecule has 324 valence electrons. The highest BCUT2D eigenvalue weighted by Gasteiger charge is 2.41. The Hall–Kier alpha value is -8.90. The van der Waals surface area contributed by atoms with Crippen molar-refractivity contribution in [2.24, 2.45) is 0 Å². The van der Waals surface area contributed by atoms with Gasteiger partial charge >= 0.3 is 0 Å². The van der Waals surface area contributed by atoms with E-state index in [4.69, 9.17) is 9.97 Å². The summed E-state index contributed by atoms with van der Waals surface area (Å²) in [7, 11) is -2.83. The number of nitrogens with zero attached hydrogens (tertiary/aromatic N) is 4. The molecule has 0 saturated heterocycles. The predicted octanol–water partition coefficient (Wildman–Crippen LogP) is 13.0. The maximum absolute atomic E-state index is 5.59. The highest BCUT2D eigenvalue weighted by molar-refractivity contribution is 7.19. The molecule has 0 amide bonds. The van der Waals surface area contributed by atoms with Crippen molar-refractivity contribution in [3.05, 3.63) is 267 Å². The van der Waals surface area contributed by atoms with Crippen LogP contribution in [-0.2, 0) is 0 Å². The van der Waals surface area contributed by atoms with E-state index in [0.29, 0.717) is 5.95 Å². The van der Waals surface area contributed by atoms with Crippen molar-refractivity contribution >= 4 is 72.4 Å². The molecule has 0 atom stereocenters. The van der Waals surface area contributed by atoms with E-state index in [1.807, 2.05) is 0 Å². The first kappa shape index (κ1) is 40.4. The molecule has 0 unspecified atom stereocenters. The molecule has 3 heterocycles. The number of aromatic nitrogens is 4. The molecule has 13 rings (SSSR count). The first-order valence-electron chi connectivity index (χ1n) is 23.6. The van der Waals surface area contributed by atoms with Crippen LogP contribution in [0.3, 0.4) is 0 Å². The fraction of sp³-hybridized carbons (Fsp3) is 0. The predicted molar refractivity (Wildman–Crippen MR) is 291 cm³/mol. The highest BCUT2D eigenvalue weighted by Crippen LogP contribution is 2.37. The number of para-hydroxylation sites is 3. The average Bonchev–Trinajstić information content (AvgIpc) is 3.95. The monoisotopic (exact) mass is 896 g/mol. The van der Waals surface area contributed by atoms with Crippen molar-refractivity contribution in [1.29, 1.82) is 0 Å². The van der Waals surface area contributed by atoms with Gasteiger partial charge in [-0.2, -0.15) is 0 Å². The Morgan fingerprint density at radius 2 is 0.667 bits per heavy atom. The van der Waals surface area contributed by atoms with Crippen molar-refractivity contribution in [1.82, 2.24) is 19.1 Å². The summed E-state index contributed by atoms with van der Waals surface area (Å²) >= 11 is 0. The summed E-state index contributed by atoms with van der Waals surface area (Å²) in [5.74, 6) is 0.619. The van der Waals surface area contributed by atoms with E-state index in [-0.39, 0.29) is 0 Å². The van der Waals surface area contributed by atoms with E-state index in [0.717, 1.165) is 55.6 Å². The second-order valence-corrected chi connectivity index (χ2v) is 21.5. The Morgan fingerprint density at radius 1 is 0.261 bits per heavy atom. The molecule has 0 radical (unpaired) electrons. The van der Waals surface area contributed by atoms with Crippen molar-refractivity contribution in [3.63, 3.8) is 0 Å². The van der Waals surface area contributed by atoms with E-state index in [9.17, 15) is 0 Å². The molecule has 0 aliphatic heterocycles. The number of hydrogen-bond acceptors (Lipinski definition) is 2. The molecule has 0 spiro atoms. The van der Waals surface area contributed by atoms with Crippen molar-refractivity contribution in [3.8, 4) is 45.3 Å². The minimum absolute atomic E-state index is 0.619. The van der Waals surface area contributed by atoms with Gasteiger partial charge in [0, 0.05) is 38.4 Å². The van der Waals surface area contributed by atoms with Gasteiger partial charge in [0.2, 0.25) is 5.95 Å². The molecule has 5 heteroatoms. The maximum atomic E-state index is 5.59. The number of fused-ring (bicyclic) bond motifs is 6. The molecule has 0 saturated carbocycles. The van der Waals surface area contributed by atoms with Crippen LogP contribution >= 0.6 is 0 Å². The molecular weight excluding hydrogens is 853 g/mol. The van der Waals surface area contributed by atoms with Gasteiger partial charge in [-0.1, -0.05) is 224 Å². The third-order valence-electron chi connectivity index (χ3n) is 13.9. The summed E-state index contributed by atoms with van der Waals surface area (Å²) in [6.45, 7) is 0. The molecule has 13 aromatic rings. The zero-order chi connectivity index (χ0) is 45.7. The summed E-state index contributed by atoms with van der Waals surface area (Å²) in [4.78, 5) is 11.1. The fourth-order valence-corrected chi connectivity index (χ4v) is 15.6. The van der Waals surface area contributed by atoms with Crippen LogP contribution in [0.5, 0.6) is 0 Å². The lowest BCUT2D eigenvalue weighted by Crippen LogP contribution is -2.74. The Labute approximate surface area is 401 Å². The third-order valence-corrected chi connectivity index (χ3v) is 18.7. The van der Waals surface area contributed by atoms with E-state index >= 15 is 0 Å². The Balaban J connectivity index is 1.04. The minimum Gasteiger partial charge on any atom is -0.309 e. The third kappa shape index (κ3) is 6.74. The zero-order valence-electron chi connectivity index (χ0n) is 37.7. The van der Waals surface area contributed by atoms with E-state index < -0.39 is 8.07 Å². The van der Waals surface area contributed by atoms with Gasteiger partial charge in [-0.05, 0) is 74.3 Å². The summed E-state index contributed by atoms with van der Waals surface area (Å²) in [5.41, 5.74) is 11.7. The largest absolute Gasteiger partial charge is 0.309 e. The van der Waals surface area contributed by atoms with E-state index in [1.54, 1.807) is 0 Å². The van der Waals surface area contributed by atoms with Gasteiger partial charge in [0.1, 0.15) is 0 Å². The van der Waals surface area contributed by atoms with Gasteiger partial charge < -0.3 is 4.57 Å². The lowest BCUT2D eigenvalue weighted by atomic mass is 10.0. The first-order valence-corrected chi connectivity index (χ1v) is 25.6. The topological polar surface area (TPSA) is 35.6 Å². The van der Waals surface area contributed by atoms with Crippen molar-refractivity contribution in [2.45, 2.75) is 0 Å². The van der Waals surface area contributed by atoms with Crippen LogP contribution in [0.1, 0.15) is 0 Å². The van der Waals surface area contributed by atoms with Gasteiger partial charge in [0.25, 0.3) is 0 Å². The molecule has 0 aliphatic rings.